The Balaban J connectivity index is 2.16. The number of nitrogens with two attached hydrogens (primary N) is 1. The monoisotopic (exact) mass is 256 g/mol. The Morgan fingerprint density at radius 2 is 1.79 bits per heavy atom. The number of hydrogen-bond acceptors (Lipinski definition) is 3. The Bertz CT molecular complexity index is 511. The molecule has 1 aromatic heterocycles. The van der Waals surface area contributed by atoms with Crippen LogP contribution in [0.5, 0.6) is 5.75 Å². The van der Waals surface area contributed by atoms with Gasteiger partial charge in [-0.25, -0.2) is 0 Å². The summed E-state index contributed by atoms with van der Waals surface area (Å²) < 4.78 is 5.81. The number of hydrogen-bond donors (Lipinski definition) is 1. The van der Waals surface area contributed by atoms with Crippen LogP contribution >= 0.6 is 0 Å². The van der Waals surface area contributed by atoms with Gasteiger partial charge < -0.3 is 10.5 Å². The first kappa shape index (κ1) is 13.6. The molecule has 0 spiro atoms. The fourth-order valence-electron chi connectivity index (χ4n) is 2.03. The normalized spacial score (nSPS) is 12.4. The minimum absolute atomic E-state index is 0.0719. The van der Waals surface area contributed by atoms with Gasteiger partial charge in [0, 0.05) is 24.0 Å². The van der Waals surface area contributed by atoms with Crippen LogP contribution in [0.15, 0.2) is 48.8 Å². The third-order valence-corrected chi connectivity index (χ3v) is 2.89. The lowest BCUT2D eigenvalue weighted by Crippen LogP contribution is -2.16. The molecule has 1 unspecified atom stereocenters. The van der Waals surface area contributed by atoms with Crippen LogP contribution in [0.2, 0.25) is 0 Å². The number of benzene rings is 1. The Morgan fingerprint density at radius 1 is 1.11 bits per heavy atom. The van der Waals surface area contributed by atoms with Crippen LogP contribution in [0.3, 0.4) is 0 Å². The highest BCUT2D eigenvalue weighted by Gasteiger charge is 2.13. The minimum atomic E-state index is -0.0719. The van der Waals surface area contributed by atoms with Gasteiger partial charge in [-0.15, -0.1) is 0 Å². The second-order valence-corrected chi connectivity index (χ2v) is 4.87. The van der Waals surface area contributed by atoms with E-state index in [1.807, 2.05) is 50.2 Å². The van der Waals surface area contributed by atoms with Crippen LogP contribution in [0.4, 0.5) is 0 Å². The van der Waals surface area contributed by atoms with Crippen LogP contribution in [0.25, 0.3) is 0 Å². The molecule has 3 nitrogen and oxygen atoms in total. The molecule has 2 rings (SSSR count). The summed E-state index contributed by atoms with van der Waals surface area (Å²) in [6, 6.07) is 11.9. The van der Waals surface area contributed by atoms with Gasteiger partial charge in [-0.2, -0.15) is 0 Å². The third-order valence-electron chi connectivity index (χ3n) is 2.89. The molecule has 0 saturated heterocycles. The predicted molar refractivity (Wildman–Crippen MR) is 77.1 cm³/mol. The predicted octanol–water partition coefficient (Wildman–Crippen LogP) is 3.11. The fourth-order valence-corrected chi connectivity index (χ4v) is 2.03. The van der Waals surface area contributed by atoms with Gasteiger partial charge in [0.2, 0.25) is 0 Å². The molecule has 0 aliphatic rings. The first-order chi connectivity index (χ1) is 9.16. The van der Waals surface area contributed by atoms with Crippen molar-refractivity contribution in [1.82, 2.24) is 4.98 Å². The molecule has 0 radical (unpaired) electrons. The quantitative estimate of drug-likeness (QED) is 0.894. The molecular weight excluding hydrogens is 236 g/mol. The molecule has 19 heavy (non-hydrogen) atoms. The summed E-state index contributed by atoms with van der Waals surface area (Å²) in [5.41, 5.74) is 8.53. The smallest absolute Gasteiger partial charge is 0.124 e. The molecule has 100 valence electrons. The van der Waals surface area contributed by atoms with Gasteiger partial charge in [-0.05, 0) is 44.0 Å². The van der Waals surface area contributed by atoms with Gasteiger partial charge in [0.15, 0.2) is 0 Å². The van der Waals surface area contributed by atoms with E-state index >= 15 is 0 Å². The van der Waals surface area contributed by atoms with E-state index in [0.717, 1.165) is 17.7 Å². The highest BCUT2D eigenvalue weighted by atomic mass is 16.5. The average Bonchev–Trinajstić information content (AvgIpc) is 2.39. The summed E-state index contributed by atoms with van der Waals surface area (Å²) in [5, 5.41) is 0. The van der Waals surface area contributed by atoms with Crippen LogP contribution in [0.1, 0.15) is 31.0 Å². The largest absolute Gasteiger partial charge is 0.491 e. The molecule has 1 aromatic carbocycles. The Hall–Kier alpha value is -1.87. The Morgan fingerprint density at radius 3 is 2.47 bits per heavy atom. The van der Waals surface area contributed by atoms with Crippen LogP contribution in [-0.4, -0.2) is 11.1 Å². The number of ether oxygens (including phenoxy) is 1. The van der Waals surface area contributed by atoms with Crippen molar-refractivity contribution in [3.8, 4) is 5.75 Å². The SMILES string of the molecule is CC(C)Oc1ccccc1C(N)Cc1ccncc1. The maximum atomic E-state index is 6.30. The average molecular weight is 256 g/mol. The third kappa shape index (κ3) is 3.80. The van der Waals surface area contributed by atoms with E-state index < -0.39 is 0 Å². The fraction of sp³-hybridized carbons (Fsp3) is 0.312. The maximum absolute atomic E-state index is 6.30. The Kier molecular flexibility index (Phi) is 4.53. The summed E-state index contributed by atoms with van der Waals surface area (Å²) in [7, 11) is 0. The van der Waals surface area contributed by atoms with Crippen LogP contribution in [-0.2, 0) is 6.42 Å². The highest BCUT2D eigenvalue weighted by molar-refractivity contribution is 5.36. The van der Waals surface area contributed by atoms with E-state index in [-0.39, 0.29) is 12.1 Å². The van der Waals surface area contributed by atoms with E-state index in [1.54, 1.807) is 12.4 Å². The van der Waals surface area contributed by atoms with E-state index in [9.17, 15) is 0 Å². The van der Waals surface area contributed by atoms with Crippen molar-refractivity contribution in [2.75, 3.05) is 0 Å². The van der Waals surface area contributed by atoms with E-state index in [4.69, 9.17) is 10.5 Å². The summed E-state index contributed by atoms with van der Waals surface area (Å²) in [6.07, 6.45) is 4.51. The number of aromatic nitrogens is 1. The number of rotatable bonds is 5. The Labute approximate surface area is 114 Å². The molecular formula is C16H20N2O. The summed E-state index contributed by atoms with van der Waals surface area (Å²) in [5.74, 6) is 0.874. The van der Waals surface area contributed by atoms with E-state index in [1.165, 1.54) is 5.56 Å². The van der Waals surface area contributed by atoms with Gasteiger partial charge in [-0.3, -0.25) is 4.98 Å². The molecule has 0 amide bonds. The zero-order valence-corrected chi connectivity index (χ0v) is 11.4. The molecule has 0 aliphatic carbocycles. The number of pyridine rings is 1. The summed E-state index contributed by atoms with van der Waals surface area (Å²) in [6.45, 7) is 4.04. The van der Waals surface area contributed by atoms with Crippen molar-refractivity contribution < 1.29 is 4.74 Å². The minimum Gasteiger partial charge on any atom is -0.491 e. The van der Waals surface area contributed by atoms with E-state index in [2.05, 4.69) is 4.98 Å². The second kappa shape index (κ2) is 6.34. The van der Waals surface area contributed by atoms with Crippen LogP contribution < -0.4 is 10.5 Å². The van der Waals surface area contributed by atoms with Crippen molar-refractivity contribution in [2.24, 2.45) is 5.73 Å². The van der Waals surface area contributed by atoms with Gasteiger partial charge in [0.25, 0.3) is 0 Å². The first-order valence-electron chi connectivity index (χ1n) is 6.57. The topological polar surface area (TPSA) is 48.1 Å². The zero-order valence-electron chi connectivity index (χ0n) is 11.4. The molecule has 0 fully saturated rings. The molecule has 3 heteroatoms. The van der Waals surface area contributed by atoms with Gasteiger partial charge in [-0.1, -0.05) is 18.2 Å². The number of para-hydroxylation sites is 1. The van der Waals surface area contributed by atoms with Gasteiger partial charge >= 0.3 is 0 Å². The van der Waals surface area contributed by atoms with Crippen molar-refractivity contribution >= 4 is 0 Å². The van der Waals surface area contributed by atoms with E-state index in [0.29, 0.717) is 0 Å². The molecule has 0 saturated carbocycles. The standard InChI is InChI=1S/C16H20N2O/c1-12(2)19-16-6-4-3-5-14(16)15(17)11-13-7-9-18-10-8-13/h3-10,12,15H,11,17H2,1-2H3. The van der Waals surface area contributed by atoms with Crippen molar-refractivity contribution in [3.63, 3.8) is 0 Å². The van der Waals surface area contributed by atoms with Crippen LogP contribution in [0, 0.1) is 0 Å². The molecule has 0 bridgehead atoms. The molecule has 2 N–H and O–H groups in total. The summed E-state index contributed by atoms with van der Waals surface area (Å²) in [4.78, 5) is 4.02. The molecule has 1 heterocycles. The zero-order chi connectivity index (χ0) is 13.7. The highest BCUT2D eigenvalue weighted by Crippen LogP contribution is 2.26. The van der Waals surface area contributed by atoms with Crippen molar-refractivity contribution in [2.45, 2.75) is 32.4 Å². The maximum Gasteiger partial charge on any atom is 0.124 e. The lowest BCUT2D eigenvalue weighted by Gasteiger charge is -2.18. The first-order valence-corrected chi connectivity index (χ1v) is 6.57. The number of nitrogens with zero attached hydrogens (tertiary/aromatic N) is 1. The summed E-state index contributed by atoms with van der Waals surface area (Å²) >= 11 is 0. The van der Waals surface area contributed by atoms with Gasteiger partial charge in [0.05, 0.1) is 6.10 Å². The lowest BCUT2D eigenvalue weighted by molar-refractivity contribution is 0.238. The van der Waals surface area contributed by atoms with Gasteiger partial charge in [0.1, 0.15) is 5.75 Å². The second-order valence-electron chi connectivity index (χ2n) is 4.87. The lowest BCUT2D eigenvalue weighted by atomic mass is 9.99. The molecule has 2 aromatic rings. The van der Waals surface area contributed by atoms with Crippen molar-refractivity contribution in [1.29, 1.82) is 0 Å². The molecule has 0 aliphatic heterocycles. The van der Waals surface area contributed by atoms with Crippen molar-refractivity contribution in [3.05, 3.63) is 59.9 Å². The molecule has 1 atom stereocenters.